The van der Waals surface area contributed by atoms with E-state index < -0.39 is 10.5 Å². The first-order valence-corrected chi connectivity index (χ1v) is 8.70. The molecule has 146 valence electrons. The molecule has 1 aromatic heterocycles. The minimum Gasteiger partial charge on any atom is -0.383 e. The van der Waals surface area contributed by atoms with Gasteiger partial charge in [-0.1, -0.05) is 18.2 Å². The highest BCUT2D eigenvalue weighted by Crippen LogP contribution is 2.21. The lowest BCUT2D eigenvalue weighted by Crippen LogP contribution is -2.25. The third-order valence-corrected chi connectivity index (χ3v) is 4.08. The summed E-state index contributed by atoms with van der Waals surface area (Å²) >= 11 is 0. The van der Waals surface area contributed by atoms with E-state index in [2.05, 4.69) is 5.10 Å². The van der Waals surface area contributed by atoms with Crippen LogP contribution in [0.15, 0.2) is 77.7 Å². The molecule has 0 N–H and O–H groups in total. The predicted octanol–water partition coefficient (Wildman–Crippen LogP) is 3.07. The van der Waals surface area contributed by atoms with Gasteiger partial charge in [-0.05, 0) is 35.9 Å². The number of para-hydroxylation sites is 1. The molecule has 1 heterocycles. The molecule has 0 atom stereocenters. The molecule has 3 rings (SSSR count). The highest BCUT2D eigenvalue weighted by molar-refractivity contribution is 6.03. The molecule has 0 fully saturated rings. The molecule has 29 heavy (non-hydrogen) atoms. The Labute approximate surface area is 166 Å². The number of hydrogen-bond donors (Lipinski definition) is 0. The molecular formula is C21H18N4O4. The van der Waals surface area contributed by atoms with Crippen LogP contribution < -0.4 is 5.56 Å². The summed E-state index contributed by atoms with van der Waals surface area (Å²) in [5, 5.41) is 15.1. The number of nitro groups is 1. The van der Waals surface area contributed by atoms with Crippen LogP contribution in [-0.2, 0) is 0 Å². The maximum absolute atomic E-state index is 13.1. The fourth-order valence-electron chi connectivity index (χ4n) is 2.63. The van der Waals surface area contributed by atoms with E-state index >= 15 is 0 Å². The number of ketones is 1. The molecule has 0 aliphatic rings. The van der Waals surface area contributed by atoms with Gasteiger partial charge in [0.25, 0.3) is 11.2 Å². The van der Waals surface area contributed by atoms with Gasteiger partial charge in [0.2, 0.25) is 5.78 Å². The van der Waals surface area contributed by atoms with Gasteiger partial charge in [-0.2, -0.15) is 9.78 Å². The van der Waals surface area contributed by atoms with E-state index in [-0.39, 0.29) is 22.7 Å². The summed E-state index contributed by atoms with van der Waals surface area (Å²) in [6.45, 7) is 0. The number of aromatic nitrogens is 2. The number of rotatable bonds is 6. The molecule has 8 nitrogen and oxygen atoms in total. The van der Waals surface area contributed by atoms with Gasteiger partial charge < -0.3 is 4.90 Å². The maximum atomic E-state index is 13.1. The first-order valence-electron chi connectivity index (χ1n) is 8.70. The van der Waals surface area contributed by atoms with Gasteiger partial charge in [0, 0.05) is 38.5 Å². The summed E-state index contributed by atoms with van der Waals surface area (Å²) in [7, 11) is 3.56. The summed E-state index contributed by atoms with van der Waals surface area (Å²) in [4.78, 5) is 37.7. The second kappa shape index (κ2) is 8.30. The van der Waals surface area contributed by atoms with E-state index in [0.29, 0.717) is 11.3 Å². The van der Waals surface area contributed by atoms with Crippen LogP contribution >= 0.6 is 0 Å². The Kier molecular flexibility index (Phi) is 5.64. The minimum absolute atomic E-state index is 0.0832. The lowest BCUT2D eigenvalue weighted by Gasteiger charge is -2.10. The monoisotopic (exact) mass is 390 g/mol. The molecular weight excluding hydrogens is 372 g/mol. The Bertz CT molecular complexity index is 1130. The van der Waals surface area contributed by atoms with Crippen molar-refractivity contribution in [3.05, 3.63) is 99.1 Å². The second-order valence-electron chi connectivity index (χ2n) is 6.44. The summed E-state index contributed by atoms with van der Waals surface area (Å²) in [6.07, 6.45) is 2.95. The van der Waals surface area contributed by atoms with Crippen molar-refractivity contribution < 1.29 is 9.72 Å². The van der Waals surface area contributed by atoms with Crippen LogP contribution in [0.4, 0.5) is 5.69 Å². The first-order chi connectivity index (χ1) is 13.9. The number of nitro benzene ring substituents is 1. The Morgan fingerprint density at radius 1 is 1.10 bits per heavy atom. The zero-order valence-corrected chi connectivity index (χ0v) is 15.9. The summed E-state index contributed by atoms with van der Waals surface area (Å²) in [5.41, 5.74) is 0.750. The lowest BCUT2D eigenvalue weighted by atomic mass is 10.1. The van der Waals surface area contributed by atoms with Crippen LogP contribution in [-0.4, -0.2) is 39.5 Å². The molecule has 0 spiro atoms. The number of hydrogen-bond acceptors (Lipinski definition) is 6. The third-order valence-electron chi connectivity index (χ3n) is 4.08. The van der Waals surface area contributed by atoms with Gasteiger partial charge in [-0.15, -0.1) is 0 Å². The molecule has 3 aromatic rings. The quantitative estimate of drug-likeness (QED) is 0.278. The minimum atomic E-state index is -0.514. The van der Waals surface area contributed by atoms with Gasteiger partial charge in [0.05, 0.1) is 16.2 Å². The van der Waals surface area contributed by atoms with Crippen molar-refractivity contribution in [1.29, 1.82) is 0 Å². The molecule has 0 saturated heterocycles. The fourth-order valence-corrected chi connectivity index (χ4v) is 2.63. The van der Waals surface area contributed by atoms with Gasteiger partial charge in [0.15, 0.2) is 0 Å². The Morgan fingerprint density at radius 2 is 1.76 bits per heavy atom. The van der Waals surface area contributed by atoms with Crippen molar-refractivity contribution in [1.82, 2.24) is 14.7 Å². The Morgan fingerprint density at radius 3 is 2.34 bits per heavy atom. The molecule has 0 bridgehead atoms. The van der Waals surface area contributed by atoms with E-state index in [9.17, 15) is 19.7 Å². The standard InChI is InChI=1S/C21H18N4O4/c1-23(2)13-12-20(26)19-14-18(15-8-10-17(11-9-15)25(28)29)21(27)24(22-19)16-6-4-3-5-7-16/h3-14H,1-2H3/b13-12+. The third kappa shape index (κ3) is 4.44. The van der Waals surface area contributed by atoms with Crippen LogP contribution in [0, 0.1) is 10.1 Å². The van der Waals surface area contributed by atoms with E-state index in [1.54, 1.807) is 55.5 Å². The normalized spacial score (nSPS) is 10.8. The smallest absolute Gasteiger partial charge is 0.279 e. The van der Waals surface area contributed by atoms with E-state index in [1.807, 2.05) is 0 Å². The molecule has 0 amide bonds. The summed E-state index contributed by atoms with van der Waals surface area (Å²) < 4.78 is 1.16. The molecule has 2 aromatic carbocycles. The van der Waals surface area contributed by atoms with Crippen molar-refractivity contribution in [3.8, 4) is 16.8 Å². The first kappa shape index (κ1) is 19.7. The predicted molar refractivity (Wildman–Crippen MR) is 109 cm³/mol. The van der Waals surface area contributed by atoms with E-state index in [1.165, 1.54) is 36.4 Å². The highest BCUT2D eigenvalue weighted by Gasteiger charge is 2.16. The number of allylic oxidation sites excluding steroid dienone is 1. The van der Waals surface area contributed by atoms with Crippen molar-refractivity contribution in [3.63, 3.8) is 0 Å². The van der Waals surface area contributed by atoms with Crippen LogP contribution in [0.3, 0.4) is 0 Å². The number of carbonyl (C=O) groups is 1. The summed E-state index contributed by atoms with van der Waals surface area (Å²) in [6, 6.07) is 15.7. The average Bonchev–Trinajstić information content (AvgIpc) is 2.73. The Balaban J connectivity index is 2.19. The topological polar surface area (TPSA) is 98.3 Å². The van der Waals surface area contributed by atoms with Crippen molar-refractivity contribution in [2.24, 2.45) is 0 Å². The van der Waals surface area contributed by atoms with Gasteiger partial charge >= 0.3 is 0 Å². The van der Waals surface area contributed by atoms with Gasteiger partial charge in [-0.3, -0.25) is 19.7 Å². The number of non-ortho nitro benzene ring substituents is 1. The zero-order chi connectivity index (χ0) is 21.0. The summed E-state index contributed by atoms with van der Waals surface area (Å²) in [5.74, 6) is -0.369. The van der Waals surface area contributed by atoms with Crippen LogP contribution in [0.2, 0.25) is 0 Å². The van der Waals surface area contributed by atoms with Gasteiger partial charge in [-0.25, -0.2) is 0 Å². The van der Waals surface area contributed by atoms with Crippen LogP contribution in [0.25, 0.3) is 16.8 Å². The van der Waals surface area contributed by atoms with E-state index in [0.717, 1.165) is 4.68 Å². The van der Waals surface area contributed by atoms with E-state index in [4.69, 9.17) is 0 Å². The van der Waals surface area contributed by atoms with Crippen molar-refractivity contribution >= 4 is 11.5 Å². The fraction of sp³-hybridized carbons (Fsp3) is 0.0952. The molecule has 8 heteroatoms. The van der Waals surface area contributed by atoms with Crippen molar-refractivity contribution in [2.75, 3.05) is 14.1 Å². The molecule has 0 unspecified atom stereocenters. The lowest BCUT2D eigenvalue weighted by molar-refractivity contribution is -0.384. The Hall–Kier alpha value is -4.07. The number of nitrogens with zero attached hydrogens (tertiary/aromatic N) is 4. The largest absolute Gasteiger partial charge is 0.383 e. The maximum Gasteiger partial charge on any atom is 0.279 e. The average molecular weight is 390 g/mol. The number of benzene rings is 2. The molecule has 0 radical (unpaired) electrons. The highest BCUT2D eigenvalue weighted by atomic mass is 16.6. The van der Waals surface area contributed by atoms with Crippen LogP contribution in [0.1, 0.15) is 10.5 Å². The molecule has 0 saturated carbocycles. The number of carbonyl (C=O) groups excluding carboxylic acids is 1. The van der Waals surface area contributed by atoms with Gasteiger partial charge in [0.1, 0.15) is 5.69 Å². The molecule has 0 aliphatic carbocycles. The van der Waals surface area contributed by atoms with Crippen LogP contribution in [0.5, 0.6) is 0 Å². The zero-order valence-electron chi connectivity index (χ0n) is 15.9. The molecule has 0 aliphatic heterocycles. The van der Waals surface area contributed by atoms with Crippen molar-refractivity contribution in [2.45, 2.75) is 0 Å². The second-order valence-corrected chi connectivity index (χ2v) is 6.44. The SMILES string of the molecule is CN(C)/C=C/C(=O)c1cc(-c2ccc([N+](=O)[O-])cc2)c(=O)n(-c2ccccc2)n1.